The van der Waals surface area contributed by atoms with Crippen LogP contribution in [0.15, 0.2) is 55.6 Å². The molecule has 0 radical (unpaired) electrons. The van der Waals surface area contributed by atoms with Crippen LogP contribution < -0.4 is 0 Å². The number of esters is 1. The number of ether oxygens (including phenoxy) is 1. The molecule has 2 amide bonds. The molecule has 0 aromatic heterocycles. The molecule has 3 heterocycles. The van der Waals surface area contributed by atoms with Crippen LogP contribution >= 0.6 is 11.8 Å². The molecule has 206 valence electrons. The zero-order valence-electron chi connectivity index (χ0n) is 22.1. The van der Waals surface area contributed by atoms with E-state index in [1.807, 2.05) is 30.3 Å². The van der Waals surface area contributed by atoms with E-state index in [2.05, 4.69) is 13.2 Å². The Hall–Kier alpha value is -2.58. The number of aliphatic hydroxyl groups is 1. The molecule has 3 aliphatic heterocycles. The van der Waals surface area contributed by atoms with E-state index >= 15 is 0 Å². The van der Waals surface area contributed by atoms with E-state index in [4.69, 9.17) is 4.74 Å². The van der Waals surface area contributed by atoms with Gasteiger partial charge in [0.05, 0.1) is 23.2 Å². The monoisotopic (exact) mass is 540 g/mol. The highest BCUT2D eigenvalue weighted by molar-refractivity contribution is 8.02. The van der Waals surface area contributed by atoms with Crippen LogP contribution in [-0.4, -0.2) is 75.0 Å². The first-order valence-electron chi connectivity index (χ1n) is 13.8. The molecule has 5 atom stereocenters. The average molecular weight is 541 g/mol. The number of hydrogen-bond acceptors (Lipinski definition) is 6. The highest BCUT2D eigenvalue weighted by Crippen LogP contribution is 2.66. The Balaban J connectivity index is 1.62. The molecule has 2 unspecified atom stereocenters. The van der Waals surface area contributed by atoms with Gasteiger partial charge in [-0.15, -0.1) is 24.9 Å². The first kappa shape index (κ1) is 28.4. The molecule has 3 fully saturated rings. The number of rotatable bonds is 15. The molecule has 3 aliphatic rings. The number of allylic oxidation sites excluding steroid dienone is 1. The summed E-state index contributed by atoms with van der Waals surface area (Å²) in [6, 6.07) is 9.20. The number of amides is 2. The Kier molecular flexibility index (Phi) is 9.71. The Morgan fingerprint density at radius 3 is 2.66 bits per heavy atom. The quantitative estimate of drug-likeness (QED) is 0.206. The van der Waals surface area contributed by atoms with Crippen LogP contribution in [0.25, 0.3) is 0 Å². The zero-order valence-corrected chi connectivity index (χ0v) is 22.9. The number of benzene rings is 1. The maximum Gasteiger partial charge on any atom is 0.310 e. The second-order valence-corrected chi connectivity index (χ2v) is 12.1. The van der Waals surface area contributed by atoms with Gasteiger partial charge in [0, 0.05) is 31.5 Å². The summed E-state index contributed by atoms with van der Waals surface area (Å²) < 4.78 is 5.01. The summed E-state index contributed by atoms with van der Waals surface area (Å²) in [4.78, 5) is 45.2. The molecule has 2 bridgehead atoms. The number of fused-ring (bicyclic) bond motifs is 1. The van der Waals surface area contributed by atoms with Crippen molar-refractivity contribution in [2.75, 3.05) is 26.3 Å². The maximum absolute atomic E-state index is 14.3. The van der Waals surface area contributed by atoms with Gasteiger partial charge in [-0.3, -0.25) is 14.4 Å². The van der Waals surface area contributed by atoms with Gasteiger partial charge >= 0.3 is 5.97 Å². The predicted octanol–water partition coefficient (Wildman–Crippen LogP) is 3.96. The Bertz CT molecular complexity index is 1020. The summed E-state index contributed by atoms with van der Waals surface area (Å²) in [5, 5.41) is 9.22. The van der Waals surface area contributed by atoms with Gasteiger partial charge in [0.15, 0.2) is 0 Å². The lowest BCUT2D eigenvalue weighted by atomic mass is 9.71. The molecule has 4 rings (SSSR count). The number of unbranched alkanes of at least 4 members (excludes halogenated alkanes) is 3. The van der Waals surface area contributed by atoms with Gasteiger partial charge in [-0.25, -0.2) is 0 Å². The van der Waals surface area contributed by atoms with Gasteiger partial charge < -0.3 is 19.6 Å². The van der Waals surface area contributed by atoms with Gasteiger partial charge in [-0.2, -0.15) is 0 Å². The van der Waals surface area contributed by atoms with E-state index in [-0.39, 0.29) is 29.6 Å². The van der Waals surface area contributed by atoms with Gasteiger partial charge in [0.25, 0.3) is 0 Å². The number of aliphatic hydroxyl groups excluding tert-OH is 1. The van der Waals surface area contributed by atoms with Crippen LogP contribution in [0.2, 0.25) is 0 Å². The van der Waals surface area contributed by atoms with Gasteiger partial charge in [0.1, 0.15) is 6.04 Å². The van der Waals surface area contributed by atoms with E-state index < -0.39 is 22.6 Å². The summed E-state index contributed by atoms with van der Waals surface area (Å²) in [7, 11) is 0. The Morgan fingerprint density at radius 2 is 1.95 bits per heavy atom. The molecule has 38 heavy (non-hydrogen) atoms. The van der Waals surface area contributed by atoms with Crippen LogP contribution in [0.5, 0.6) is 0 Å². The molecule has 0 saturated carbocycles. The summed E-state index contributed by atoms with van der Waals surface area (Å²) in [6.45, 7) is 9.24. The van der Waals surface area contributed by atoms with Crippen molar-refractivity contribution in [3.8, 4) is 0 Å². The van der Waals surface area contributed by atoms with Crippen LogP contribution in [0.3, 0.4) is 0 Å². The van der Waals surface area contributed by atoms with Crippen molar-refractivity contribution in [2.45, 2.75) is 67.5 Å². The van der Waals surface area contributed by atoms with Crippen molar-refractivity contribution in [3.05, 3.63) is 61.2 Å². The molecule has 1 spiro atoms. The minimum Gasteiger partial charge on any atom is -0.465 e. The zero-order chi connectivity index (χ0) is 27.1. The number of carbonyl (C=O) groups is 3. The van der Waals surface area contributed by atoms with Crippen LogP contribution in [-0.2, 0) is 25.7 Å². The molecular weight excluding hydrogens is 500 g/mol. The standard InChI is InChI=1S/C30H40N2O5S/c1-3-5-12-20-37-29(36)24-23-15-16-30(38-23)25(24)27(34)32(18-10-7-11-19-33)26(30)28(35)31(17-4-2)21-22-13-8-6-9-14-22/h3-4,6,8-9,13-14,23-26,33H,1-2,5,7,10-12,15-21H2/t23-,24+,25-,26?,30?/m0/s1. The SMILES string of the molecule is C=CCCCOC(=O)[C@@H]1[C@@H]2CCC3(S2)C(C(=O)N(CC=C)Cc2ccccc2)N(CCCCCO)C(=O)[C@H]13. The third-order valence-electron chi connectivity index (χ3n) is 8.04. The normalized spacial score (nSPS) is 27.3. The number of carbonyl (C=O) groups excluding carboxylic acids is 3. The summed E-state index contributed by atoms with van der Waals surface area (Å²) >= 11 is 1.67. The van der Waals surface area contributed by atoms with E-state index in [1.54, 1.807) is 33.7 Å². The second-order valence-electron chi connectivity index (χ2n) is 10.5. The van der Waals surface area contributed by atoms with Crippen molar-refractivity contribution in [1.29, 1.82) is 0 Å². The largest absolute Gasteiger partial charge is 0.465 e. The molecule has 1 N–H and O–H groups in total. The fourth-order valence-electron chi connectivity index (χ4n) is 6.37. The fraction of sp³-hybridized carbons (Fsp3) is 0.567. The minimum absolute atomic E-state index is 0.00956. The number of hydrogen-bond donors (Lipinski definition) is 1. The van der Waals surface area contributed by atoms with Gasteiger partial charge in [-0.1, -0.05) is 42.5 Å². The molecule has 1 aromatic rings. The first-order valence-corrected chi connectivity index (χ1v) is 14.7. The average Bonchev–Trinajstić information content (AvgIpc) is 3.56. The topological polar surface area (TPSA) is 87.2 Å². The van der Waals surface area contributed by atoms with Crippen molar-refractivity contribution in [1.82, 2.24) is 9.80 Å². The van der Waals surface area contributed by atoms with Gasteiger partial charge in [0.2, 0.25) is 11.8 Å². The first-order chi connectivity index (χ1) is 18.5. The lowest BCUT2D eigenvalue weighted by Crippen LogP contribution is -2.54. The second kappa shape index (κ2) is 13.0. The third kappa shape index (κ3) is 5.57. The number of nitrogens with zero attached hydrogens (tertiary/aromatic N) is 2. The van der Waals surface area contributed by atoms with Crippen molar-refractivity contribution in [2.24, 2.45) is 11.8 Å². The number of likely N-dealkylation sites (tertiary alicyclic amines) is 1. The molecule has 1 aromatic carbocycles. The van der Waals surface area contributed by atoms with Crippen LogP contribution in [0, 0.1) is 11.8 Å². The number of thioether (sulfide) groups is 1. The van der Waals surface area contributed by atoms with E-state index in [9.17, 15) is 19.5 Å². The maximum atomic E-state index is 14.3. The van der Waals surface area contributed by atoms with Crippen molar-refractivity contribution < 1.29 is 24.2 Å². The third-order valence-corrected chi connectivity index (χ3v) is 9.99. The molecule has 7 nitrogen and oxygen atoms in total. The fourth-order valence-corrected chi connectivity index (χ4v) is 8.57. The van der Waals surface area contributed by atoms with E-state index in [0.29, 0.717) is 45.5 Å². The molecule has 8 heteroatoms. The smallest absolute Gasteiger partial charge is 0.310 e. The van der Waals surface area contributed by atoms with Gasteiger partial charge in [-0.05, 0) is 50.5 Å². The summed E-state index contributed by atoms with van der Waals surface area (Å²) in [5.41, 5.74) is 1.01. The van der Waals surface area contributed by atoms with Crippen molar-refractivity contribution >= 4 is 29.5 Å². The Morgan fingerprint density at radius 1 is 1.16 bits per heavy atom. The van der Waals surface area contributed by atoms with E-state index in [1.165, 1.54) is 0 Å². The Labute approximate surface area is 230 Å². The van der Waals surface area contributed by atoms with Crippen molar-refractivity contribution in [3.63, 3.8) is 0 Å². The van der Waals surface area contributed by atoms with Crippen LogP contribution in [0.4, 0.5) is 0 Å². The lowest BCUT2D eigenvalue weighted by Gasteiger charge is -2.37. The molecule has 0 aliphatic carbocycles. The highest BCUT2D eigenvalue weighted by Gasteiger charge is 2.74. The van der Waals surface area contributed by atoms with E-state index in [0.717, 1.165) is 31.2 Å². The van der Waals surface area contributed by atoms with Crippen LogP contribution in [0.1, 0.15) is 50.5 Å². The molecular formula is C30H40N2O5S. The highest BCUT2D eigenvalue weighted by atomic mass is 32.2. The summed E-state index contributed by atoms with van der Waals surface area (Å²) in [5.74, 6) is -1.57. The lowest BCUT2D eigenvalue weighted by molar-refractivity contribution is -0.154. The molecule has 3 saturated heterocycles. The summed E-state index contributed by atoms with van der Waals surface area (Å²) in [6.07, 6.45) is 8.64. The predicted molar refractivity (Wildman–Crippen MR) is 149 cm³/mol. The minimum atomic E-state index is -0.633.